The second kappa shape index (κ2) is 7.79. The van der Waals surface area contributed by atoms with Gasteiger partial charge in [-0.15, -0.1) is 0 Å². The summed E-state index contributed by atoms with van der Waals surface area (Å²) in [5.74, 6) is 0.927. The summed E-state index contributed by atoms with van der Waals surface area (Å²) in [6.07, 6.45) is 1.30. The lowest BCUT2D eigenvalue weighted by molar-refractivity contribution is -0.119. The van der Waals surface area contributed by atoms with Crippen molar-refractivity contribution in [3.8, 4) is 5.75 Å². The van der Waals surface area contributed by atoms with Crippen LogP contribution in [0.3, 0.4) is 0 Å². The van der Waals surface area contributed by atoms with E-state index in [4.69, 9.17) is 9.47 Å². The second-order valence-electron chi connectivity index (χ2n) is 6.62. The van der Waals surface area contributed by atoms with Crippen LogP contribution in [-0.4, -0.2) is 45.4 Å². The standard InChI is InChI=1S/C21H24N2O3/c24-21(9-13-26-19-4-2-1-3-5-19)23-10-8-17-16-18(6-7-20(17)23)22-11-14-25-15-12-22/h1-7,16H,8-15H2. The van der Waals surface area contributed by atoms with Gasteiger partial charge in [0.15, 0.2) is 0 Å². The third-order valence-corrected chi connectivity index (χ3v) is 4.96. The molecule has 1 saturated heterocycles. The highest BCUT2D eigenvalue weighted by Gasteiger charge is 2.25. The molecule has 136 valence electrons. The van der Waals surface area contributed by atoms with Crippen molar-refractivity contribution in [1.29, 1.82) is 0 Å². The molecule has 2 aliphatic heterocycles. The first-order valence-corrected chi connectivity index (χ1v) is 9.25. The van der Waals surface area contributed by atoms with Crippen molar-refractivity contribution in [1.82, 2.24) is 0 Å². The van der Waals surface area contributed by atoms with Crippen LogP contribution in [0, 0.1) is 0 Å². The molecular weight excluding hydrogens is 328 g/mol. The minimum atomic E-state index is 0.124. The first kappa shape index (κ1) is 16.9. The van der Waals surface area contributed by atoms with Crippen LogP contribution < -0.4 is 14.5 Å². The molecule has 0 aromatic heterocycles. The minimum Gasteiger partial charge on any atom is -0.493 e. The van der Waals surface area contributed by atoms with Crippen LogP contribution in [0.15, 0.2) is 48.5 Å². The average molecular weight is 352 g/mol. The van der Waals surface area contributed by atoms with Gasteiger partial charge < -0.3 is 19.3 Å². The SMILES string of the molecule is O=C(CCOc1ccccc1)N1CCc2cc(N3CCOCC3)ccc21. The second-order valence-corrected chi connectivity index (χ2v) is 6.62. The molecule has 5 heteroatoms. The summed E-state index contributed by atoms with van der Waals surface area (Å²) in [5.41, 5.74) is 3.53. The Morgan fingerprint density at radius 2 is 1.85 bits per heavy atom. The lowest BCUT2D eigenvalue weighted by atomic mass is 10.1. The molecule has 4 rings (SSSR count). The number of carbonyl (C=O) groups excluding carboxylic acids is 1. The minimum absolute atomic E-state index is 0.124. The zero-order valence-corrected chi connectivity index (χ0v) is 14.9. The third kappa shape index (κ3) is 3.68. The van der Waals surface area contributed by atoms with Crippen LogP contribution in [0.1, 0.15) is 12.0 Å². The number of para-hydroxylation sites is 1. The monoisotopic (exact) mass is 352 g/mol. The normalized spacial score (nSPS) is 16.5. The van der Waals surface area contributed by atoms with Gasteiger partial charge in [0.1, 0.15) is 5.75 Å². The highest BCUT2D eigenvalue weighted by molar-refractivity contribution is 5.95. The van der Waals surface area contributed by atoms with Crippen molar-refractivity contribution in [2.45, 2.75) is 12.8 Å². The summed E-state index contributed by atoms with van der Waals surface area (Å²) in [5, 5.41) is 0. The largest absolute Gasteiger partial charge is 0.493 e. The molecule has 1 fully saturated rings. The molecule has 26 heavy (non-hydrogen) atoms. The molecular formula is C21H24N2O3. The summed E-state index contributed by atoms with van der Waals surface area (Å²) in [6.45, 7) is 4.58. The van der Waals surface area contributed by atoms with E-state index in [1.54, 1.807) is 0 Å². The van der Waals surface area contributed by atoms with Crippen molar-refractivity contribution >= 4 is 17.3 Å². The molecule has 0 spiro atoms. The molecule has 2 aromatic carbocycles. The number of carbonyl (C=O) groups is 1. The lowest BCUT2D eigenvalue weighted by Crippen LogP contribution is -2.36. The molecule has 2 aromatic rings. The molecule has 0 radical (unpaired) electrons. The maximum absolute atomic E-state index is 12.6. The first-order chi connectivity index (χ1) is 12.8. The van der Waals surface area contributed by atoms with Gasteiger partial charge in [0.05, 0.1) is 26.2 Å². The van der Waals surface area contributed by atoms with E-state index in [1.807, 2.05) is 35.2 Å². The highest BCUT2D eigenvalue weighted by Crippen LogP contribution is 2.32. The Balaban J connectivity index is 1.36. The van der Waals surface area contributed by atoms with Gasteiger partial charge in [-0.25, -0.2) is 0 Å². The number of rotatable bonds is 5. The molecule has 1 amide bonds. The predicted octanol–water partition coefficient (Wildman–Crippen LogP) is 2.88. The van der Waals surface area contributed by atoms with Gasteiger partial charge >= 0.3 is 0 Å². The summed E-state index contributed by atoms with van der Waals surface area (Å²) in [7, 11) is 0. The van der Waals surface area contributed by atoms with Crippen molar-refractivity contribution in [3.63, 3.8) is 0 Å². The first-order valence-electron chi connectivity index (χ1n) is 9.25. The number of amides is 1. The van der Waals surface area contributed by atoms with Gasteiger partial charge in [-0.05, 0) is 42.3 Å². The van der Waals surface area contributed by atoms with E-state index in [0.717, 1.165) is 50.7 Å². The number of fused-ring (bicyclic) bond motifs is 1. The van der Waals surface area contributed by atoms with E-state index in [2.05, 4.69) is 23.1 Å². The number of hydrogen-bond donors (Lipinski definition) is 0. The number of nitrogens with zero attached hydrogens (tertiary/aromatic N) is 2. The molecule has 0 N–H and O–H groups in total. The van der Waals surface area contributed by atoms with Gasteiger partial charge in [0.25, 0.3) is 0 Å². The maximum Gasteiger partial charge on any atom is 0.230 e. The van der Waals surface area contributed by atoms with Gasteiger partial charge in [0.2, 0.25) is 5.91 Å². The van der Waals surface area contributed by atoms with Gasteiger partial charge in [-0.2, -0.15) is 0 Å². The topological polar surface area (TPSA) is 42.0 Å². The smallest absolute Gasteiger partial charge is 0.230 e. The predicted molar refractivity (Wildman–Crippen MR) is 102 cm³/mol. The highest BCUT2D eigenvalue weighted by atomic mass is 16.5. The maximum atomic E-state index is 12.6. The quantitative estimate of drug-likeness (QED) is 0.830. The van der Waals surface area contributed by atoms with Crippen LogP contribution in [-0.2, 0) is 16.0 Å². The van der Waals surface area contributed by atoms with Gasteiger partial charge in [0, 0.05) is 31.0 Å². The fraction of sp³-hybridized carbons (Fsp3) is 0.381. The Kier molecular flexibility index (Phi) is 5.07. The summed E-state index contributed by atoms with van der Waals surface area (Å²) in [6, 6.07) is 16.1. The fourth-order valence-electron chi connectivity index (χ4n) is 3.57. The van der Waals surface area contributed by atoms with Crippen LogP contribution in [0.2, 0.25) is 0 Å². The summed E-state index contributed by atoms with van der Waals surface area (Å²) < 4.78 is 11.1. The molecule has 0 saturated carbocycles. The zero-order valence-electron chi connectivity index (χ0n) is 14.9. The van der Waals surface area contributed by atoms with E-state index >= 15 is 0 Å². The van der Waals surface area contributed by atoms with Crippen molar-refractivity contribution in [3.05, 3.63) is 54.1 Å². The van der Waals surface area contributed by atoms with Crippen LogP contribution in [0.4, 0.5) is 11.4 Å². The van der Waals surface area contributed by atoms with Crippen molar-refractivity contribution in [2.24, 2.45) is 0 Å². The van der Waals surface area contributed by atoms with Crippen LogP contribution in [0.25, 0.3) is 0 Å². The molecule has 2 aliphatic rings. The molecule has 0 unspecified atom stereocenters. The van der Waals surface area contributed by atoms with Crippen LogP contribution in [0.5, 0.6) is 5.75 Å². The van der Waals surface area contributed by atoms with E-state index in [-0.39, 0.29) is 5.91 Å². The van der Waals surface area contributed by atoms with E-state index in [9.17, 15) is 4.79 Å². The molecule has 0 aliphatic carbocycles. The fourth-order valence-corrected chi connectivity index (χ4v) is 3.57. The number of morpholine rings is 1. The van der Waals surface area contributed by atoms with E-state index in [1.165, 1.54) is 11.3 Å². The van der Waals surface area contributed by atoms with Crippen molar-refractivity contribution < 1.29 is 14.3 Å². The summed E-state index contributed by atoms with van der Waals surface area (Å²) in [4.78, 5) is 16.8. The zero-order chi connectivity index (χ0) is 17.8. The Bertz CT molecular complexity index is 757. The average Bonchev–Trinajstić information content (AvgIpc) is 3.13. The third-order valence-electron chi connectivity index (χ3n) is 4.96. The summed E-state index contributed by atoms with van der Waals surface area (Å²) >= 11 is 0. The molecule has 5 nitrogen and oxygen atoms in total. The number of hydrogen-bond acceptors (Lipinski definition) is 4. The van der Waals surface area contributed by atoms with Crippen molar-refractivity contribution in [2.75, 3.05) is 49.3 Å². The Labute approximate surface area is 154 Å². The van der Waals surface area contributed by atoms with E-state index < -0.39 is 0 Å². The molecule has 0 bridgehead atoms. The van der Waals surface area contributed by atoms with Gasteiger partial charge in [-0.3, -0.25) is 4.79 Å². The Hall–Kier alpha value is -2.53. The molecule has 2 heterocycles. The lowest BCUT2D eigenvalue weighted by Gasteiger charge is -2.29. The van der Waals surface area contributed by atoms with E-state index in [0.29, 0.717) is 13.0 Å². The van der Waals surface area contributed by atoms with Gasteiger partial charge in [-0.1, -0.05) is 18.2 Å². The Morgan fingerprint density at radius 1 is 1.04 bits per heavy atom. The number of anilines is 2. The molecule has 0 atom stereocenters. The number of benzene rings is 2. The van der Waals surface area contributed by atoms with Crippen LogP contribution >= 0.6 is 0 Å². The number of ether oxygens (including phenoxy) is 2. The Morgan fingerprint density at radius 3 is 2.65 bits per heavy atom.